The summed E-state index contributed by atoms with van der Waals surface area (Å²) in [6.07, 6.45) is 15.8. The molecule has 0 radical (unpaired) electrons. The van der Waals surface area contributed by atoms with Crippen LogP contribution < -0.4 is 0 Å². The van der Waals surface area contributed by atoms with Crippen LogP contribution in [0.2, 0.25) is 0 Å². The number of benzene rings is 2. The highest BCUT2D eigenvalue weighted by molar-refractivity contribution is 5.67. The maximum Gasteiger partial charge on any atom is -0.0152 e. The van der Waals surface area contributed by atoms with Crippen molar-refractivity contribution in [2.24, 2.45) is 5.92 Å². The lowest BCUT2D eigenvalue weighted by Gasteiger charge is -2.21. The molecule has 0 heterocycles. The van der Waals surface area contributed by atoms with Crippen LogP contribution in [0.5, 0.6) is 0 Å². The van der Waals surface area contributed by atoms with Gasteiger partial charge in [-0.05, 0) is 35.4 Å². The van der Waals surface area contributed by atoms with Crippen molar-refractivity contribution >= 4 is 0 Å². The second kappa shape index (κ2) is 9.67. The van der Waals surface area contributed by atoms with Crippen LogP contribution in [0, 0.1) is 5.92 Å². The van der Waals surface area contributed by atoms with Crippen molar-refractivity contribution in [3.05, 3.63) is 60.2 Å². The third-order valence-electron chi connectivity index (χ3n) is 5.64. The van der Waals surface area contributed by atoms with E-state index < -0.39 is 0 Å². The van der Waals surface area contributed by atoms with Crippen molar-refractivity contribution in [2.45, 2.75) is 70.6 Å². The molecule has 0 aliphatic heterocycles. The zero-order valence-electron chi connectivity index (χ0n) is 15.1. The Bertz CT molecular complexity index is 578. The van der Waals surface area contributed by atoms with Crippen molar-refractivity contribution in [1.29, 1.82) is 0 Å². The van der Waals surface area contributed by atoms with E-state index in [9.17, 15) is 0 Å². The van der Waals surface area contributed by atoms with Crippen molar-refractivity contribution in [3.8, 4) is 11.1 Å². The van der Waals surface area contributed by atoms with Crippen molar-refractivity contribution in [1.82, 2.24) is 0 Å². The van der Waals surface area contributed by atoms with Crippen LogP contribution in [0.4, 0.5) is 0 Å². The van der Waals surface area contributed by atoms with Gasteiger partial charge in [-0.15, -0.1) is 0 Å². The van der Waals surface area contributed by atoms with Crippen LogP contribution in [0.1, 0.15) is 69.8 Å². The van der Waals surface area contributed by atoms with E-state index in [1.165, 1.54) is 87.3 Å². The molecule has 1 aliphatic rings. The lowest BCUT2D eigenvalue weighted by atomic mass is 9.85. The normalized spacial score (nSPS) is 15.5. The molecular weight excluding hydrogens is 288 g/mol. The second-order valence-corrected chi connectivity index (χ2v) is 7.48. The first kappa shape index (κ1) is 17.3. The standard InChI is InChI=1S/C24H32/c1(5-13-21-14-6-3-7-15-21)2-8-16-23-19-11-12-20-24(23)22-17-9-4-10-18-22/h4,9-12,17-21H,1-3,5-8,13-16H2. The topological polar surface area (TPSA) is 0 Å². The van der Waals surface area contributed by atoms with Gasteiger partial charge in [0, 0.05) is 0 Å². The first-order chi connectivity index (χ1) is 11.9. The minimum Gasteiger partial charge on any atom is -0.0622 e. The molecule has 0 N–H and O–H groups in total. The van der Waals surface area contributed by atoms with Gasteiger partial charge in [-0.25, -0.2) is 0 Å². The zero-order chi connectivity index (χ0) is 16.5. The summed E-state index contributed by atoms with van der Waals surface area (Å²) < 4.78 is 0. The van der Waals surface area contributed by atoms with Gasteiger partial charge in [0.05, 0.1) is 0 Å². The molecule has 1 fully saturated rings. The molecular formula is C24H32. The van der Waals surface area contributed by atoms with E-state index in [2.05, 4.69) is 54.6 Å². The van der Waals surface area contributed by atoms with E-state index in [-0.39, 0.29) is 0 Å². The minimum atomic E-state index is 1.05. The predicted octanol–water partition coefficient (Wildman–Crippen LogP) is 7.43. The number of hydrogen-bond donors (Lipinski definition) is 0. The van der Waals surface area contributed by atoms with Crippen LogP contribution in [-0.4, -0.2) is 0 Å². The molecule has 24 heavy (non-hydrogen) atoms. The van der Waals surface area contributed by atoms with Gasteiger partial charge in [0.1, 0.15) is 0 Å². The summed E-state index contributed by atoms with van der Waals surface area (Å²) in [7, 11) is 0. The Balaban J connectivity index is 1.41. The summed E-state index contributed by atoms with van der Waals surface area (Å²) >= 11 is 0. The zero-order valence-corrected chi connectivity index (χ0v) is 15.1. The van der Waals surface area contributed by atoms with Gasteiger partial charge < -0.3 is 0 Å². The highest BCUT2D eigenvalue weighted by Gasteiger charge is 2.12. The van der Waals surface area contributed by atoms with Crippen molar-refractivity contribution < 1.29 is 0 Å². The molecule has 128 valence electrons. The van der Waals surface area contributed by atoms with Crippen LogP contribution >= 0.6 is 0 Å². The van der Waals surface area contributed by atoms with Gasteiger partial charge in [0.15, 0.2) is 0 Å². The summed E-state index contributed by atoms with van der Waals surface area (Å²) in [5.74, 6) is 1.05. The van der Waals surface area contributed by atoms with E-state index in [1.54, 1.807) is 0 Å². The fourth-order valence-electron chi connectivity index (χ4n) is 4.22. The lowest BCUT2D eigenvalue weighted by molar-refractivity contribution is 0.328. The summed E-state index contributed by atoms with van der Waals surface area (Å²) in [5, 5.41) is 0. The highest BCUT2D eigenvalue weighted by atomic mass is 14.2. The van der Waals surface area contributed by atoms with E-state index in [4.69, 9.17) is 0 Å². The number of hydrogen-bond acceptors (Lipinski definition) is 0. The molecule has 2 aromatic rings. The maximum absolute atomic E-state index is 2.31. The molecule has 0 atom stereocenters. The first-order valence-corrected chi connectivity index (χ1v) is 10.1. The van der Waals surface area contributed by atoms with Gasteiger partial charge in [-0.1, -0.05) is 112 Å². The number of unbranched alkanes of at least 4 members (excludes halogenated alkanes) is 3. The highest BCUT2D eigenvalue weighted by Crippen LogP contribution is 2.28. The SMILES string of the molecule is c1ccc(-c2ccccc2CCCCCCC2CCCCC2)cc1. The molecule has 0 heteroatoms. The Kier molecular flexibility index (Phi) is 6.96. The molecule has 2 aromatic carbocycles. The summed E-state index contributed by atoms with van der Waals surface area (Å²) in [5.41, 5.74) is 4.28. The quantitative estimate of drug-likeness (QED) is 0.444. The molecule has 1 aliphatic carbocycles. The fraction of sp³-hybridized carbons (Fsp3) is 0.500. The Labute approximate surface area is 148 Å². The third-order valence-corrected chi connectivity index (χ3v) is 5.64. The minimum absolute atomic E-state index is 1.05. The molecule has 0 saturated heterocycles. The molecule has 0 amide bonds. The smallest absolute Gasteiger partial charge is 0.0152 e. The van der Waals surface area contributed by atoms with E-state index in [0.29, 0.717) is 0 Å². The van der Waals surface area contributed by atoms with E-state index in [0.717, 1.165) is 5.92 Å². The largest absolute Gasteiger partial charge is 0.0622 e. The number of rotatable bonds is 8. The monoisotopic (exact) mass is 320 g/mol. The van der Waals surface area contributed by atoms with Crippen LogP contribution in [-0.2, 0) is 6.42 Å². The predicted molar refractivity (Wildman–Crippen MR) is 105 cm³/mol. The average molecular weight is 321 g/mol. The van der Waals surface area contributed by atoms with E-state index in [1.807, 2.05) is 0 Å². The van der Waals surface area contributed by atoms with Gasteiger partial charge in [0.25, 0.3) is 0 Å². The molecule has 1 saturated carbocycles. The lowest BCUT2D eigenvalue weighted by Crippen LogP contribution is -2.05. The molecule has 0 aromatic heterocycles. The Hall–Kier alpha value is -1.56. The van der Waals surface area contributed by atoms with Gasteiger partial charge >= 0.3 is 0 Å². The molecule has 0 bridgehead atoms. The Morgan fingerprint density at radius 1 is 0.667 bits per heavy atom. The van der Waals surface area contributed by atoms with Gasteiger partial charge in [0.2, 0.25) is 0 Å². The maximum atomic E-state index is 2.31. The second-order valence-electron chi connectivity index (χ2n) is 7.48. The van der Waals surface area contributed by atoms with Crippen molar-refractivity contribution in [2.75, 3.05) is 0 Å². The average Bonchev–Trinajstić information content (AvgIpc) is 2.66. The van der Waals surface area contributed by atoms with E-state index >= 15 is 0 Å². The van der Waals surface area contributed by atoms with Crippen molar-refractivity contribution in [3.63, 3.8) is 0 Å². The third kappa shape index (κ3) is 5.23. The van der Waals surface area contributed by atoms with Crippen LogP contribution in [0.3, 0.4) is 0 Å². The fourth-order valence-corrected chi connectivity index (χ4v) is 4.22. The first-order valence-electron chi connectivity index (χ1n) is 10.1. The van der Waals surface area contributed by atoms with Crippen LogP contribution in [0.25, 0.3) is 11.1 Å². The summed E-state index contributed by atoms with van der Waals surface area (Å²) in [4.78, 5) is 0. The summed E-state index contributed by atoms with van der Waals surface area (Å²) in [6, 6.07) is 19.7. The van der Waals surface area contributed by atoms with Gasteiger partial charge in [-0.2, -0.15) is 0 Å². The van der Waals surface area contributed by atoms with Gasteiger partial charge in [-0.3, -0.25) is 0 Å². The van der Waals surface area contributed by atoms with Crippen LogP contribution in [0.15, 0.2) is 54.6 Å². The Morgan fingerprint density at radius 2 is 1.38 bits per heavy atom. The molecule has 3 rings (SSSR count). The Morgan fingerprint density at radius 3 is 2.21 bits per heavy atom. The molecule has 0 unspecified atom stereocenters. The molecule has 0 spiro atoms. The molecule has 0 nitrogen and oxygen atoms in total. The summed E-state index contributed by atoms with van der Waals surface area (Å²) in [6.45, 7) is 0. The number of aryl methyl sites for hydroxylation is 1.